The average Bonchev–Trinajstić information content (AvgIpc) is 3.08. The summed E-state index contributed by atoms with van der Waals surface area (Å²) < 4.78 is 28.3. The van der Waals surface area contributed by atoms with Gasteiger partial charge in [0.25, 0.3) is 0 Å². The summed E-state index contributed by atoms with van der Waals surface area (Å²) in [6, 6.07) is 11.0. The standard InChI is InChI=1S/C17H14F2N4/c1-12(21-22-17-7-4-14(18)10-16(17)19)13-2-5-15(6-3-13)23-9-8-20-11-23/h2-11,22H,1H3. The van der Waals surface area contributed by atoms with E-state index in [1.807, 2.05) is 35.0 Å². The van der Waals surface area contributed by atoms with E-state index in [0.717, 1.165) is 17.3 Å². The summed E-state index contributed by atoms with van der Waals surface area (Å²) in [5, 5.41) is 4.13. The number of nitrogens with one attached hydrogen (secondary N) is 1. The lowest BCUT2D eigenvalue weighted by Gasteiger charge is -2.06. The van der Waals surface area contributed by atoms with Gasteiger partial charge in [-0.3, -0.25) is 5.43 Å². The largest absolute Gasteiger partial charge is 0.306 e. The number of anilines is 1. The summed E-state index contributed by atoms with van der Waals surface area (Å²) in [5.74, 6) is -1.30. The molecule has 1 heterocycles. The van der Waals surface area contributed by atoms with Crippen LogP contribution in [0.1, 0.15) is 12.5 Å². The van der Waals surface area contributed by atoms with Gasteiger partial charge in [0.05, 0.1) is 17.7 Å². The summed E-state index contributed by atoms with van der Waals surface area (Å²) in [4.78, 5) is 4.00. The van der Waals surface area contributed by atoms with Crippen LogP contribution < -0.4 is 5.43 Å². The summed E-state index contributed by atoms with van der Waals surface area (Å²) >= 11 is 0. The van der Waals surface area contributed by atoms with Gasteiger partial charge < -0.3 is 4.57 Å². The molecule has 0 saturated heterocycles. The maximum absolute atomic E-state index is 13.5. The third kappa shape index (κ3) is 3.42. The molecule has 116 valence electrons. The molecular weight excluding hydrogens is 298 g/mol. The zero-order valence-electron chi connectivity index (χ0n) is 12.4. The van der Waals surface area contributed by atoms with Crippen LogP contribution in [-0.2, 0) is 0 Å². The first-order chi connectivity index (χ1) is 11.1. The molecule has 1 aromatic heterocycles. The molecule has 4 nitrogen and oxygen atoms in total. The Morgan fingerprint density at radius 1 is 1.13 bits per heavy atom. The molecular formula is C17H14F2N4. The Kier molecular flexibility index (Phi) is 4.14. The second-order valence-electron chi connectivity index (χ2n) is 4.95. The molecule has 23 heavy (non-hydrogen) atoms. The van der Waals surface area contributed by atoms with Crippen LogP contribution in [0.3, 0.4) is 0 Å². The van der Waals surface area contributed by atoms with Gasteiger partial charge in [-0.05, 0) is 36.8 Å². The highest BCUT2D eigenvalue weighted by atomic mass is 19.1. The van der Waals surface area contributed by atoms with Crippen molar-refractivity contribution in [3.8, 4) is 5.69 Å². The van der Waals surface area contributed by atoms with E-state index in [1.54, 1.807) is 19.4 Å². The van der Waals surface area contributed by atoms with Gasteiger partial charge in [0.2, 0.25) is 0 Å². The van der Waals surface area contributed by atoms with Crippen LogP contribution in [0.15, 0.2) is 66.3 Å². The van der Waals surface area contributed by atoms with Gasteiger partial charge in [-0.2, -0.15) is 5.10 Å². The van der Waals surface area contributed by atoms with Gasteiger partial charge in [0, 0.05) is 24.1 Å². The summed E-state index contributed by atoms with van der Waals surface area (Å²) in [6.07, 6.45) is 5.28. The number of imidazole rings is 1. The number of halogens is 2. The van der Waals surface area contributed by atoms with Crippen molar-refractivity contribution in [3.63, 3.8) is 0 Å². The highest BCUT2D eigenvalue weighted by Crippen LogP contribution is 2.15. The molecule has 1 N–H and O–H groups in total. The molecule has 0 fully saturated rings. The summed E-state index contributed by atoms with van der Waals surface area (Å²) in [6.45, 7) is 1.81. The van der Waals surface area contributed by atoms with Crippen LogP contribution in [0.2, 0.25) is 0 Å². The highest BCUT2D eigenvalue weighted by Gasteiger charge is 2.03. The van der Waals surface area contributed by atoms with Crippen LogP contribution in [-0.4, -0.2) is 15.3 Å². The van der Waals surface area contributed by atoms with E-state index in [-0.39, 0.29) is 5.69 Å². The molecule has 0 amide bonds. The van der Waals surface area contributed by atoms with Gasteiger partial charge in [-0.15, -0.1) is 0 Å². The maximum Gasteiger partial charge on any atom is 0.151 e. The highest BCUT2D eigenvalue weighted by molar-refractivity contribution is 5.99. The average molecular weight is 312 g/mol. The molecule has 0 aliphatic heterocycles. The van der Waals surface area contributed by atoms with Gasteiger partial charge >= 0.3 is 0 Å². The smallest absolute Gasteiger partial charge is 0.151 e. The Bertz CT molecular complexity index is 824. The lowest BCUT2D eigenvalue weighted by Crippen LogP contribution is -2.01. The molecule has 0 saturated carbocycles. The van der Waals surface area contributed by atoms with E-state index in [1.165, 1.54) is 12.1 Å². The first-order valence-electron chi connectivity index (χ1n) is 6.97. The van der Waals surface area contributed by atoms with Crippen molar-refractivity contribution in [2.24, 2.45) is 5.10 Å². The maximum atomic E-state index is 13.5. The molecule has 0 bridgehead atoms. The second kappa shape index (κ2) is 6.39. The number of aromatic nitrogens is 2. The molecule has 6 heteroatoms. The minimum absolute atomic E-state index is 0.126. The van der Waals surface area contributed by atoms with E-state index < -0.39 is 11.6 Å². The molecule has 0 aliphatic carbocycles. The molecule has 0 atom stereocenters. The number of benzene rings is 2. The first-order valence-corrected chi connectivity index (χ1v) is 6.97. The Morgan fingerprint density at radius 3 is 2.57 bits per heavy atom. The van der Waals surface area contributed by atoms with E-state index in [9.17, 15) is 8.78 Å². The lowest BCUT2D eigenvalue weighted by molar-refractivity contribution is 0.585. The first kappa shape index (κ1) is 14.9. The minimum atomic E-state index is -0.683. The SMILES string of the molecule is CC(=NNc1ccc(F)cc1F)c1ccc(-n2ccnc2)cc1. The van der Waals surface area contributed by atoms with Crippen LogP contribution >= 0.6 is 0 Å². The van der Waals surface area contributed by atoms with Crippen molar-refractivity contribution in [1.29, 1.82) is 0 Å². The zero-order valence-corrected chi connectivity index (χ0v) is 12.4. The fourth-order valence-corrected chi connectivity index (χ4v) is 2.08. The van der Waals surface area contributed by atoms with E-state index >= 15 is 0 Å². The van der Waals surface area contributed by atoms with Gasteiger partial charge in [-0.25, -0.2) is 13.8 Å². The van der Waals surface area contributed by atoms with Crippen molar-refractivity contribution >= 4 is 11.4 Å². The Labute approximate surface area is 132 Å². The summed E-state index contributed by atoms with van der Waals surface area (Å²) in [7, 11) is 0. The Morgan fingerprint density at radius 2 is 1.91 bits per heavy atom. The fourth-order valence-electron chi connectivity index (χ4n) is 2.08. The van der Waals surface area contributed by atoms with Crippen molar-refractivity contribution < 1.29 is 8.78 Å². The van der Waals surface area contributed by atoms with E-state index in [0.29, 0.717) is 5.71 Å². The van der Waals surface area contributed by atoms with Crippen molar-refractivity contribution in [2.45, 2.75) is 6.92 Å². The number of hydrogen-bond acceptors (Lipinski definition) is 3. The molecule has 0 spiro atoms. The van der Waals surface area contributed by atoms with E-state index in [2.05, 4.69) is 15.5 Å². The number of rotatable bonds is 4. The monoisotopic (exact) mass is 312 g/mol. The third-order valence-corrected chi connectivity index (χ3v) is 3.36. The number of hydrazone groups is 1. The predicted octanol–water partition coefficient (Wildman–Crippen LogP) is 3.99. The number of hydrogen-bond donors (Lipinski definition) is 1. The van der Waals surface area contributed by atoms with Gasteiger partial charge in [-0.1, -0.05) is 12.1 Å². The Hall–Kier alpha value is -3.02. The summed E-state index contributed by atoms with van der Waals surface area (Å²) in [5.41, 5.74) is 5.30. The van der Waals surface area contributed by atoms with Crippen molar-refractivity contribution in [3.05, 3.63) is 78.4 Å². The molecule has 3 aromatic rings. The molecule has 2 aromatic carbocycles. The zero-order chi connectivity index (χ0) is 16.2. The Balaban J connectivity index is 1.75. The minimum Gasteiger partial charge on any atom is -0.306 e. The van der Waals surface area contributed by atoms with Crippen LogP contribution in [0, 0.1) is 11.6 Å². The number of nitrogens with zero attached hydrogens (tertiary/aromatic N) is 3. The molecule has 0 unspecified atom stereocenters. The second-order valence-corrected chi connectivity index (χ2v) is 4.95. The van der Waals surface area contributed by atoms with Crippen LogP contribution in [0.4, 0.5) is 14.5 Å². The van der Waals surface area contributed by atoms with Crippen LogP contribution in [0.5, 0.6) is 0 Å². The van der Waals surface area contributed by atoms with Crippen LogP contribution in [0.25, 0.3) is 5.69 Å². The van der Waals surface area contributed by atoms with Gasteiger partial charge in [0.1, 0.15) is 5.82 Å². The normalized spacial score (nSPS) is 11.5. The van der Waals surface area contributed by atoms with Crippen molar-refractivity contribution in [2.75, 3.05) is 5.43 Å². The van der Waals surface area contributed by atoms with Gasteiger partial charge in [0.15, 0.2) is 5.82 Å². The topological polar surface area (TPSA) is 42.2 Å². The third-order valence-electron chi connectivity index (χ3n) is 3.36. The van der Waals surface area contributed by atoms with E-state index in [4.69, 9.17) is 0 Å². The quantitative estimate of drug-likeness (QED) is 0.585. The molecule has 3 rings (SSSR count). The fraction of sp³-hybridized carbons (Fsp3) is 0.0588. The molecule has 0 aliphatic rings. The molecule has 0 radical (unpaired) electrons. The lowest BCUT2D eigenvalue weighted by atomic mass is 10.1. The predicted molar refractivity (Wildman–Crippen MR) is 85.8 cm³/mol. The van der Waals surface area contributed by atoms with Crippen molar-refractivity contribution in [1.82, 2.24) is 9.55 Å².